The lowest BCUT2D eigenvalue weighted by atomic mass is 9.94. The van der Waals surface area contributed by atoms with Crippen LogP contribution in [0.5, 0.6) is 0 Å². The van der Waals surface area contributed by atoms with E-state index in [1.165, 1.54) is 5.56 Å². The van der Waals surface area contributed by atoms with Gasteiger partial charge in [0, 0.05) is 5.54 Å². The molecule has 0 heterocycles. The van der Waals surface area contributed by atoms with Gasteiger partial charge in [0.1, 0.15) is 0 Å². The number of hydrogen-bond acceptors (Lipinski definition) is 3. The van der Waals surface area contributed by atoms with Crippen LogP contribution in [0.2, 0.25) is 0 Å². The van der Waals surface area contributed by atoms with Crippen LogP contribution < -0.4 is 11.1 Å². The zero-order valence-corrected chi connectivity index (χ0v) is 12.6. The lowest BCUT2D eigenvalue weighted by molar-refractivity contribution is 0.519. The fourth-order valence-corrected chi connectivity index (χ4v) is 2.26. The quantitative estimate of drug-likeness (QED) is 0.814. The van der Waals surface area contributed by atoms with E-state index >= 15 is 0 Å². The summed E-state index contributed by atoms with van der Waals surface area (Å²) >= 11 is 0. The molecule has 0 spiro atoms. The first-order chi connectivity index (χ1) is 10.00. The van der Waals surface area contributed by atoms with Crippen LogP contribution in [0.1, 0.15) is 31.4 Å². The van der Waals surface area contributed by atoms with Crippen molar-refractivity contribution in [1.29, 1.82) is 5.26 Å². The zero-order valence-electron chi connectivity index (χ0n) is 12.6. The van der Waals surface area contributed by atoms with Crippen molar-refractivity contribution in [2.75, 3.05) is 11.1 Å². The van der Waals surface area contributed by atoms with E-state index in [1.807, 2.05) is 6.07 Å². The summed E-state index contributed by atoms with van der Waals surface area (Å²) in [7, 11) is 0. The second-order valence-corrected chi connectivity index (χ2v) is 5.91. The molecule has 0 fully saturated rings. The number of hydrogen-bond donors (Lipinski definition) is 2. The van der Waals surface area contributed by atoms with Gasteiger partial charge in [0.05, 0.1) is 23.0 Å². The molecule has 0 aromatic heterocycles. The molecule has 108 valence electrons. The second kappa shape index (κ2) is 6.32. The molecule has 2 aromatic carbocycles. The molecule has 2 aromatic rings. The van der Waals surface area contributed by atoms with Crippen LogP contribution in [0.25, 0.3) is 0 Å². The lowest BCUT2D eigenvalue weighted by Gasteiger charge is -2.28. The molecule has 3 nitrogen and oxygen atoms in total. The number of nitrogens with zero attached hydrogens (tertiary/aromatic N) is 1. The van der Waals surface area contributed by atoms with Crippen LogP contribution in [0, 0.1) is 11.3 Å². The van der Waals surface area contributed by atoms with Gasteiger partial charge >= 0.3 is 0 Å². The fraction of sp³-hybridized carbons (Fsp3) is 0.278. The van der Waals surface area contributed by atoms with Crippen LogP contribution in [-0.2, 0) is 6.42 Å². The van der Waals surface area contributed by atoms with E-state index in [9.17, 15) is 0 Å². The predicted octanol–water partition coefficient (Wildman–Crippen LogP) is 3.96. The Morgan fingerprint density at radius 3 is 2.52 bits per heavy atom. The van der Waals surface area contributed by atoms with E-state index in [1.54, 1.807) is 18.2 Å². The predicted molar refractivity (Wildman–Crippen MR) is 88.0 cm³/mol. The van der Waals surface area contributed by atoms with Crippen LogP contribution in [-0.4, -0.2) is 5.54 Å². The average molecular weight is 279 g/mol. The molecule has 21 heavy (non-hydrogen) atoms. The van der Waals surface area contributed by atoms with Gasteiger partial charge in [-0.2, -0.15) is 5.26 Å². The maximum atomic E-state index is 8.98. The summed E-state index contributed by atoms with van der Waals surface area (Å²) in [6.07, 6.45) is 1.98. The largest absolute Gasteiger partial charge is 0.397 e. The highest BCUT2D eigenvalue weighted by Gasteiger charge is 2.18. The molecular formula is C18H21N3. The smallest absolute Gasteiger partial charge is 0.0992 e. The Morgan fingerprint density at radius 1 is 1.14 bits per heavy atom. The van der Waals surface area contributed by atoms with Crippen molar-refractivity contribution in [3.8, 4) is 6.07 Å². The van der Waals surface area contributed by atoms with Gasteiger partial charge in [0.15, 0.2) is 0 Å². The van der Waals surface area contributed by atoms with Gasteiger partial charge in [-0.25, -0.2) is 0 Å². The number of rotatable bonds is 5. The number of nitriles is 1. The van der Waals surface area contributed by atoms with Crippen molar-refractivity contribution in [3.05, 3.63) is 59.7 Å². The Bertz CT molecular complexity index is 639. The topological polar surface area (TPSA) is 61.8 Å². The molecular weight excluding hydrogens is 258 g/mol. The minimum absolute atomic E-state index is 0.0992. The molecule has 0 aliphatic rings. The summed E-state index contributed by atoms with van der Waals surface area (Å²) in [6, 6.07) is 17.9. The van der Waals surface area contributed by atoms with Crippen LogP contribution in [0.15, 0.2) is 48.5 Å². The van der Waals surface area contributed by atoms with Crippen LogP contribution in [0.4, 0.5) is 11.4 Å². The number of aryl methyl sites for hydroxylation is 1. The molecule has 0 saturated heterocycles. The molecule has 0 radical (unpaired) electrons. The summed E-state index contributed by atoms with van der Waals surface area (Å²) in [4.78, 5) is 0. The van der Waals surface area contributed by atoms with E-state index < -0.39 is 0 Å². The average Bonchev–Trinajstić information content (AvgIpc) is 2.48. The Labute approximate surface area is 126 Å². The van der Waals surface area contributed by atoms with Crippen molar-refractivity contribution < 1.29 is 0 Å². The van der Waals surface area contributed by atoms with Crippen molar-refractivity contribution >= 4 is 11.4 Å². The third-order valence-electron chi connectivity index (χ3n) is 3.54. The number of nitrogens with one attached hydrogen (secondary N) is 1. The zero-order chi connectivity index (χ0) is 15.3. The standard InChI is InChI=1S/C18H21N3/c1-18(2,11-10-14-6-4-3-5-7-14)21-17-12-15(13-19)8-9-16(17)20/h3-9,12,21H,10-11,20H2,1-2H3. The Hall–Kier alpha value is -2.47. The van der Waals surface area contributed by atoms with Gasteiger partial charge in [-0.1, -0.05) is 30.3 Å². The molecule has 0 bridgehead atoms. The third-order valence-corrected chi connectivity index (χ3v) is 3.54. The number of benzene rings is 2. The molecule has 3 N–H and O–H groups in total. The summed E-state index contributed by atoms with van der Waals surface area (Å²) < 4.78 is 0. The van der Waals surface area contributed by atoms with Crippen LogP contribution >= 0.6 is 0 Å². The van der Waals surface area contributed by atoms with E-state index in [-0.39, 0.29) is 5.54 Å². The van der Waals surface area contributed by atoms with Gasteiger partial charge in [-0.15, -0.1) is 0 Å². The number of anilines is 2. The maximum Gasteiger partial charge on any atom is 0.0992 e. The van der Waals surface area contributed by atoms with Gasteiger partial charge < -0.3 is 11.1 Å². The highest BCUT2D eigenvalue weighted by Crippen LogP contribution is 2.26. The molecule has 0 aliphatic carbocycles. The van der Waals surface area contributed by atoms with Gasteiger partial charge in [-0.3, -0.25) is 0 Å². The molecule has 0 aliphatic heterocycles. The summed E-state index contributed by atoms with van der Waals surface area (Å²) in [6.45, 7) is 4.29. The van der Waals surface area contributed by atoms with Crippen molar-refractivity contribution in [2.45, 2.75) is 32.2 Å². The van der Waals surface area contributed by atoms with E-state index in [2.05, 4.69) is 49.5 Å². The summed E-state index contributed by atoms with van der Waals surface area (Å²) in [5, 5.41) is 12.4. The van der Waals surface area contributed by atoms with Gasteiger partial charge in [0.2, 0.25) is 0 Å². The Balaban J connectivity index is 2.05. The molecule has 0 amide bonds. The monoisotopic (exact) mass is 279 g/mol. The minimum atomic E-state index is -0.0992. The van der Waals surface area contributed by atoms with Crippen molar-refractivity contribution in [3.63, 3.8) is 0 Å². The number of nitrogen functional groups attached to an aromatic ring is 1. The van der Waals surface area contributed by atoms with E-state index in [4.69, 9.17) is 11.0 Å². The second-order valence-electron chi connectivity index (χ2n) is 5.91. The molecule has 3 heteroatoms. The first-order valence-corrected chi connectivity index (χ1v) is 7.12. The normalized spacial score (nSPS) is 10.9. The van der Waals surface area contributed by atoms with Gasteiger partial charge in [0.25, 0.3) is 0 Å². The van der Waals surface area contributed by atoms with Crippen LogP contribution in [0.3, 0.4) is 0 Å². The fourth-order valence-electron chi connectivity index (χ4n) is 2.26. The van der Waals surface area contributed by atoms with Crippen molar-refractivity contribution in [2.24, 2.45) is 0 Å². The highest BCUT2D eigenvalue weighted by atomic mass is 15.0. The Kier molecular flexibility index (Phi) is 4.49. The van der Waals surface area contributed by atoms with Crippen molar-refractivity contribution in [1.82, 2.24) is 0 Å². The first kappa shape index (κ1) is 14.9. The summed E-state index contributed by atoms with van der Waals surface area (Å²) in [5.74, 6) is 0. The SMILES string of the molecule is CC(C)(CCc1ccccc1)Nc1cc(C#N)ccc1N. The highest BCUT2D eigenvalue weighted by molar-refractivity contribution is 5.69. The molecule has 0 unspecified atom stereocenters. The van der Waals surface area contributed by atoms with E-state index in [0.29, 0.717) is 11.3 Å². The first-order valence-electron chi connectivity index (χ1n) is 7.12. The van der Waals surface area contributed by atoms with E-state index in [0.717, 1.165) is 18.5 Å². The van der Waals surface area contributed by atoms with Gasteiger partial charge in [-0.05, 0) is 50.5 Å². The lowest BCUT2D eigenvalue weighted by Crippen LogP contribution is -2.31. The summed E-state index contributed by atoms with van der Waals surface area (Å²) in [5.41, 5.74) is 9.32. The number of nitrogens with two attached hydrogens (primary N) is 1. The minimum Gasteiger partial charge on any atom is -0.397 e. The molecule has 2 rings (SSSR count). The third kappa shape index (κ3) is 4.25. The molecule has 0 atom stereocenters. The maximum absolute atomic E-state index is 8.98. The molecule has 0 saturated carbocycles. The Morgan fingerprint density at radius 2 is 1.86 bits per heavy atom.